The molecule has 3 aliphatic rings. The van der Waals surface area contributed by atoms with Crippen LogP contribution in [-0.4, -0.2) is 0 Å². The summed E-state index contributed by atoms with van der Waals surface area (Å²) in [6.07, 6.45) is 0. The molecule has 3 rings (SSSR count). The summed E-state index contributed by atoms with van der Waals surface area (Å²) in [5.74, 6) is 12.8. The molecule has 0 saturated heterocycles. The Morgan fingerprint density at radius 1 is 0.208 bits per heavy atom. The lowest BCUT2D eigenvalue weighted by molar-refractivity contribution is -0.169. The summed E-state index contributed by atoms with van der Waals surface area (Å²) in [5.41, 5.74) is 0. The first-order valence-electron chi connectivity index (χ1n) is 11.1. The fraction of sp³-hybridized carbons (Fsp3) is 1.00. The van der Waals surface area contributed by atoms with E-state index in [4.69, 9.17) is 0 Å². The van der Waals surface area contributed by atoms with Gasteiger partial charge in [-0.2, -0.15) is 0 Å². The molecular weight excluding hydrogens is 288 g/mol. The van der Waals surface area contributed by atoms with Crippen molar-refractivity contribution in [2.24, 2.45) is 82.9 Å². The third-order valence-corrected chi connectivity index (χ3v) is 10.7. The van der Waals surface area contributed by atoms with Crippen LogP contribution in [0, 0.1) is 82.9 Å². The van der Waals surface area contributed by atoms with Crippen LogP contribution in [0.4, 0.5) is 0 Å². The first kappa shape index (κ1) is 18.8. The maximum atomic E-state index is 2.65. The van der Waals surface area contributed by atoms with E-state index in [1.165, 1.54) is 0 Å². The van der Waals surface area contributed by atoms with Crippen molar-refractivity contribution in [2.45, 2.75) is 69.2 Å². The first-order chi connectivity index (χ1) is 11.1. The molecule has 0 nitrogen and oxygen atoms in total. The maximum absolute atomic E-state index is 2.65. The molecule has 0 aromatic heterocycles. The standard InChI is InChI=1S/C24H44/c1-11-12(2)16(6)22-20(10)24-18(8)14(4)13(3)17(7)23(24)19(9)21(22)15(11)5/h11-24H,1-10H3/t11-,12+,13+,14-,15-,16+,17+,18-,19?,20?,21?,22?,23?,24?. The zero-order valence-electron chi connectivity index (χ0n) is 18.1. The van der Waals surface area contributed by atoms with Crippen LogP contribution in [0.3, 0.4) is 0 Å². The van der Waals surface area contributed by atoms with Gasteiger partial charge in [-0.3, -0.25) is 0 Å². The Balaban J connectivity index is 2.03. The Morgan fingerprint density at radius 3 is 0.542 bits per heavy atom. The lowest BCUT2D eigenvalue weighted by Gasteiger charge is -2.64. The summed E-state index contributed by atoms with van der Waals surface area (Å²) in [6.45, 7) is 25.9. The largest absolute Gasteiger partial charge is 0.0620 e. The van der Waals surface area contributed by atoms with Crippen LogP contribution in [0.25, 0.3) is 0 Å². The number of hydrogen-bond donors (Lipinski definition) is 0. The molecule has 3 fully saturated rings. The molecule has 14 atom stereocenters. The SMILES string of the molecule is CC1C2C(C(C)C3C1[C@H](C)[C@H](C)[C@H](C)[C@@H]3C)[C@H](C)[C@H](C)[C@H](C)[C@@H]2C. The van der Waals surface area contributed by atoms with Gasteiger partial charge in [0.05, 0.1) is 0 Å². The van der Waals surface area contributed by atoms with Gasteiger partial charge in [-0.05, 0) is 82.9 Å². The minimum atomic E-state index is 0.889. The Kier molecular flexibility index (Phi) is 4.94. The zero-order chi connectivity index (χ0) is 18.1. The van der Waals surface area contributed by atoms with Gasteiger partial charge in [0.2, 0.25) is 0 Å². The van der Waals surface area contributed by atoms with E-state index in [1.807, 2.05) is 0 Å². The molecule has 0 spiro atoms. The third kappa shape index (κ3) is 2.37. The summed E-state index contributed by atoms with van der Waals surface area (Å²) in [6, 6.07) is 0. The third-order valence-electron chi connectivity index (χ3n) is 10.7. The predicted molar refractivity (Wildman–Crippen MR) is 106 cm³/mol. The summed E-state index contributed by atoms with van der Waals surface area (Å²) in [4.78, 5) is 0. The summed E-state index contributed by atoms with van der Waals surface area (Å²) in [7, 11) is 0. The van der Waals surface area contributed by atoms with Crippen LogP contribution in [0.15, 0.2) is 0 Å². The molecule has 0 aromatic rings. The maximum Gasteiger partial charge on any atom is -0.0323 e. The number of rotatable bonds is 0. The van der Waals surface area contributed by atoms with Crippen LogP contribution in [0.5, 0.6) is 0 Å². The molecule has 140 valence electrons. The lowest BCUT2D eigenvalue weighted by Crippen LogP contribution is -2.60. The Hall–Kier alpha value is 0. The van der Waals surface area contributed by atoms with Crippen molar-refractivity contribution < 1.29 is 0 Å². The van der Waals surface area contributed by atoms with E-state index < -0.39 is 0 Å². The molecule has 0 radical (unpaired) electrons. The van der Waals surface area contributed by atoms with E-state index in [0.717, 1.165) is 82.9 Å². The minimum Gasteiger partial charge on any atom is -0.0620 e. The Labute approximate surface area is 152 Å². The topological polar surface area (TPSA) is 0 Å². The number of hydrogen-bond acceptors (Lipinski definition) is 0. The van der Waals surface area contributed by atoms with Gasteiger partial charge in [0.15, 0.2) is 0 Å². The molecule has 3 saturated carbocycles. The van der Waals surface area contributed by atoms with Gasteiger partial charge >= 0.3 is 0 Å². The second kappa shape index (κ2) is 6.31. The lowest BCUT2D eigenvalue weighted by atomic mass is 9.40. The van der Waals surface area contributed by atoms with E-state index in [2.05, 4.69) is 69.2 Å². The van der Waals surface area contributed by atoms with Gasteiger partial charge in [-0.15, -0.1) is 0 Å². The average Bonchev–Trinajstić information content (AvgIpc) is 2.55. The molecule has 0 amide bonds. The molecule has 0 bridgehead atoms. The average molecular weight is 333 g/mol. The molecule has 0 aromatic carbocycles. The molecule has 24 heavy (non-hydrogen) atoms. The highest BCUT2D eigenvalue weighted by Crippen LogP contribution is 2.64. The Bertz CT molecular complexity index is 371. The van der Waals surface area contributed by atoms with Gasteiger partial charge < -0.3 is 0 Å². The molecule has 0 heteroatoms. The van der Waals surface area contributed by atoms with Gasteiger partial charge in [-0.25, -0.2) is 0 Å². The predicted octanol–water partition coefficient (Wildman–Crippen LogP) is 6.85. The molecule has 0 aliphatic heterocycles. The van der Waals surface area contributed by atoms with Crippen LogP contribution in [0.1, 0.15) is 69.2 Å². The van der Waals surface area contributed by atoms with Crippen molar-refractivity contribution >= 4 is 0 Å². The smallest absolute Gasteiger partial charge is 0.0323 e. The van der Waals surface area contributed by atoms with Gasteiger partial charge in [0.25, 0.3) is 0 Å². The van der Waals surface area contributed by atoms with Crippen LogP contribution < -0.4 is 0 Å². The highest BCUT2D eigenvalue weighted by molar-refractivity contribution is 5.06. The molecular formula is C24H44. The van der Waals surface area contributed by atoms with Crippen molar-refractivity contribution in [3.05, 3.63) is 0 Å². The van der Waals surface area contributed by atoms with Crippen LogP contribution in [-0.2, 0) is 0 Å². The fourth-order valence-electron chi connectivity index (χ4n) is 8.55. The summed E-state index contributed by atoms with van der Waals surface area (Å²) >= 11 is 0. The molecule has 6 unspecified atom stereocenters. The van der Waals surface area contributed by atoms with E-state index >= 15 is 0 Å². The molecule has 0 N–H and O–H groups in total. The quantitative estimate of drug-likeness (QED) is 0.455. The highest BCUT2D eigenvalue weighted by atomic mass is 14.6. The molecule has 0 heterocycles. The zero-order valence-corrected chi connectivity index (χ0v) is 18.1. The van der Waals surface area contributed by atoms with Crippen LogP contribution >= 0.6 is 0 Å². The van der Waals surface area contributed by atoms with E-state index in [-0.39, 0.29) is 0 Å². The second-order valence-corrected chi connectivity index (χ2v) is 10.9. The monoisotopic (exact) mass is 332 g/mol. The van der Waals surface area contributed by atoms with E-state index in [0.29, 0.717) is 0 Å². The first-order valence-corrected chi connectivity index (χ1v) is 11.1. The van der Waals surface area contributed by atoms with Crippen molar-refractivity contribution in [1.82, 2.24) is 0 Å². The van der Waals surface area contributed by atoms with Crippen molar-refractivity contribution in [2.75, 3.05) is 0 Å². The normalized spacial score (nSPS) is 64.2. The van der Waals surface area contributed by atoms with E-state index in [9.17, 15) is 0 Å². The van der Waals surface area contributed by atoms with Gasteiger partial charge in [0, 0.05) is 0 Å². The fourth-order valence-corrected chi connectivity index (χ4v) is 8.55. The molecule has 3 aliphatic carbocycles. The van der Waals surface area contributed by atoms with E-state index in [1.54, 1.807) is 0 Å². The van der Waals surface area contributed by atoms with Crippen molar-refractivity contribution in [3.8, 4) is 0 Å². The van der Waals surface area contributed by atoms with Crippen molar-refractivity contribution in [1.29, 1.82) is 0 Å². The second-order valence-electron chi connectivity index (χ2n) is 10.9. The van der Waals surface area contributed by atoms with Gasteiger partial charge in [0.1, 0.15) is 0 Å². The minimum absolute atomic E-state index is 0.889. The van der Waals surface area contributed by atoms with Crippen molar-refractivity contribution in [3.63, 3.8) is 0 Å². The summed E-state index contributed by atoms with van der Waals surface area (Å²) in [5, 5.41) is 0. The Morgan fingerprint density at radius 2 is 0.375 bits per heavy atom. The van der Waals surface area contributed by atoms with Crippen LogP contribution in [0.2, 0.25) is 0 Å². The van der Waals surface area contributed by atoms with Gasteiger partial charge in [-0.1, -0.05) is 69.2 Å². The number of fused-ring (bicyclic) bond motifs is 2. The highest BCUT2D eigenvalue weighted by Gasteiger charge is 2.59. The summed E-state index contributed by atoms with van der Waals surface area (Å²) < 4.78 is 0.